The minimum absolute atomic E-state index is 0.0939. The topological polar surface area (TPSA) is 103 Å². The van der Waals surface area contributed by atoms with Crippen LogP contribution in [-0.4, -0.2) is 55.4 Å². The van der Waals surface area contributed by atoms with Crippen molar-refractivity contribution in [1.82, 2.24) is 10.6 Å². The third-order valence-electron chi connectivity index (χ3n) is 4.49. The van der Waals surface area contributed by atoms with Gasteiger partial charge in [0, 0.05) is 32.7 Å². The van der Waals surface area contributed by atoms with Gasteiger partial charge in [0.1, 0.15) is 0 Å². The summed E-state index contributed by atoms with van der Waals surface area (Å²) in [5.41, 5.74) is 5.37. The number of amides is 2. The lowest BCUT2D eigenvalue weighted by molar-refractivity contribution is -0.123. The predicted octanol–water partition coefficient (Wildman–Crippen LogP) is 2.52. The Bertz CT molecular complexity index is 453. The molecule has 0 aliphatic rings. The number of rotatable bonds is 16. The Morgan fingerprint density at radius 1 is 0.893 bits per heavy atom. The van der Waals surface area contributed by atoms with Gasteiger partial charge in [-0.1, -0.05) is 13.8 Å². The van der Waals surface area contributed by atoms with Crippen molar-refractivity contribution in [1.29, 1.82) is 0 Å². The Morgan fingerprint density at radius 2 is 1.36 bits per heavy atom. The zero-order valence-electron chi connectivity index (χ0n) is 18.9. The van der Waals surface area contributed by atoms with Crippen LogP contribution in [0.3, 0.4) is 0 Å². The molecule has 28 heavy (non-hydrogen) atoms. The van der Waals surface area contributed by atoms with E-state index in [1.807, 2.05) is 27.7 Å². The van der Waals surface area contributed by atoms with Crippen LogP contribution in [0.5, 0.6) is 0 Å². The zero-order valence-corrected chi connectivity index (χ0v) is 18.9. The molecular formula is C21H43N3O4. The summed E-state index contributed by atoms with van der Waals surface area (Å²) in [7, 11) is 0. The van der Waals surface area contributed by atoms with E-state index >= 15 is 0 Å². The Labute approximate surface area is 171 Å². The van der Waals surface area contributed by atoms with Crippen LogP contribution in [0.25, 0.3) is 0 Å². The molecule has 0 spiro atoms. The Kier molecular flexibility index (Phi) is 13.3. The molecule has 4 N–H and O–H groups in total. The van der Waals surface area contributed by atoms with Crippen LogP contribution < -0.4 is 16.4 Å². The summed E-state index contributed by atoms with van der Waals surface area (Å²) in [5.74, 6) is -0.322. The highest BCUT2D eigenvalue weighted by molar-refractivity contribution is 5.82. The van der Waals surface area contributed by atoms with Crippen LogP contribution in [-0.2, 0) is 19.1 Å². The summed E-state index contributed by atoms with van der Waals surface area (Å²) in [4.78, 5) is 24.0. The highest BCUT2D eigenvalue weighted by atomic mass is 16.5. The van der Waals surface area contributed by atoms with Crippen molar-refractivity contribution in [2.24, 2.45) is 5.73 Å². The summed E-state index contributed by atoms with van der Waals surface area (Å²) in [6.07, 6.45) is 3.94. The Morgan fingerprint density at radius 3 is 1.82 bits per heavy atom. The van der Waals surface area contributed by atoms with Gasteiger partial charge < -0.3 is 25.8 Å². The molecule has 7 nitrogen and oxygen atoms in total. The number of carbonyl (C=O) groups excluding carboxylic acids is 2. The van der Waals surface area contributed by atoms with Gasteiger partial charge in [-0.2, -0.15) is 0 Å². The SMILES string of the molecule is CCCOC(C)(C)CCNC(=O)CCC(N)C(=O)NCCC(C)(C)OCCC. The van der Waals surface area contributed by atoms with Crippen LogP contribution in [0.4, 0.5) is 0 Å². The molecule has 0 aromatic rings. The maximum Gasteiger partial charge on any atom is 0.236 e. The maximum absolute atomic E-state index is 12.1. The van der Waals surface area contributed by atoms with E-state index in [0.29, 0.717) is 39.1 Å². The quantitative estimate of drug-likeness (QED) is 0.369. The molecule has 0 heterocycles. The van der Waals surface area contributed by atoms with E-state index in [4.69, 9.17) is 15.2 Å². The van der Waals surface area contributed by atoms with E-state index in [1.165, 1.54) is 0 Å². The van der Waals surface area contributed by atoms with Crippen molar-refractivity contribution < 1.29 is 19.1 Å². The van der Waals surface area contributed by atoms with E-state index in [2.05, 4.69) is 24.5 Å². The number of hydrogen-bond acceptors (Lipinski definition) is 5. The Balaban J connectivity index is 3.98. The molecular weight excluding hydrogens is 358 g/mol. The second kappa shape index (κ2) is 13.9. The predicted molar refractivity (Wildman–Crippen MR) is 113 cm³/mol. The summed E-state index contributed by atoms with van der Waals surface area (Å²) in [5, 5.41) is 5.70. The standard InChI is InChI=1S/C21H43N3O4/c1-7-15-27-20(3,4)11-13-23-18(25)10-9-17(22)19(26)24-14-12-21(5,6)28-16-8-2/h17H,7-16,22H2,1-6H3,(H,23,25)(H,24,26). The van der Waals surface area contributed by atoms with E-state index in [0.717, 1.165) is 19.3 Å². The molecule has 0 rings (SSSR count). The fourth-order valence-electron chi connectivity index (χ4n) is 2.53. The minimum Gasteiger partial charge on any atom is -0.376 e. The first kappa shape index (κ1) is 26.8. The van der Waals surface area contributed by atoms with Crippen molar-refractivity contribution in [3.8, 4) is 0 Å². The van der Waals surface area contributed by atoms with Crippen LogP contribution in [0.2, 0.25) is 0 Å². The summed E-state index contributed by atoms with van der Waals surface area (Å²) < 4.78 is 11.5. The van der Waals surface area contributed by atoms with Crippen molar-refractivity contribution in [3.63, 3.8) is 0 Å². The number of ether oxygens (including phenoxy) is 2. The molecule has 0 aromatic carbocycles. The molecule has 0 fully saturated rings. The van der Waals surface area contributed by atoms with Gasteiger partial charge in [-0.3, -0.25) is 9.59 Å². The molecule has 0 saturated heterocycles. The smallest absolute Gasteiger partial charge is 0.236 e. The summed E-state index contributed by atoms with van der Waals surface area (Å²) in [6, 6.07) is -0.685. The third-order valence-corrected chi connectivity index (χ3v) is 4.49. The molecule has 7 heteroatoms. The summed E-state index contributed by atoms with van der Waals surface area (Å²) in [6.45, 7) is 14.7. The second-order valence-electron chi connectivity index (χ2n) is 8.50. The van der Waals surface area contributed by atoms with Crippen molar-refractivity contribution in [3.05, 3.63) is 0 Å². The largest absolute Gasteiger partial charge is 0.376 e. The highest BCUT2D eigenvalue weighted by Gasteiger charge is 2.20. The van der Waals surface area contributed by atoms with Gasteiger partial charge in [-0.05, 0) is 59.8 Å². The first-order valence-electron chi connectivity index (χ1n) is 10.6. The average molecular weight is 402 g/mol. The number of hydrogen-bond donors (Lipinski definition) is 3. The summed E-state index contributed by atoms with van der Waals surface area (Å²) >= 11 is 0. The zero-order chi connectivity index (χ0) is 21.6. The Hall–Kier alpha value is -1.18. The van der Waals surface area contributed by atoms with Crippen molar-refractivity contribution >= 4 is 11.8 Å². The van der Waals surface area contributed by atoms with Gasteiger partial charge in [0.05, 0.1) is 17.2 Å². The maximum atomic E-state index is 12.1. The second-order valence-corrected chi connectivity index (χ2v) is 8.50. The highest BCUT2D eigenvalue weighted by Crippen LogP contribution is 2.14. The number of nitrogens with two attached hydrogens (primary N) is 1. The molecule has 0 saturated carbocycles. The molecule has 1 unspecified atom stereocenters. The van der Waals surface area contributed by atoms with E-state index in [9.17, 15) is 9.59 Å². The lowest BCUT2D eigenvalue weighted by Gasteiger charge is -2.25. The molecule has 2 amide bonds. The third kappa shape index (κ3) is 13.9. The van der Waals surface area contributed by atoms with Gasteiger partial charge in [0.15, 0.2) is 0 Å². The van der Waals surface area contributed by atoms with Gasteiger partial charge in [0.2, 0.25) is 11.8 Å². The van der Waals surface area contributed by atoms with Gasteiger partial charge in [-0.25, -0.2) is 0 Å². The number of nitrogens with one attached hydrogen (secondary N) is 2. The van der Waals surface area contributed by atoms with Crippen LogP contribution in [0, 0.1) is 0 Å². The number of carbonyl (C=O) groups is 2. The molecule has 0 bridgehead atoms. The average Bonchev–Trinajstić information content (AvgIpc) is 2.62. The lowest BCUT2D eigenvalue weighted by atomic mass is 10.0. The molecule has 1 atom stereocenters. The van der Waals surface area contributed by atoms with Crippen LogP contribution in [0.15, 0.2) is 0 Å². The molecule has 0 aliphatic carbocycles. The first-order valence-corrected chi connectivity index (χ1v) is 10.6. The fourth-order valence-corrected chi connectivity index (χ4v) is 2.53. The van der Waals surface area contributed by atoms with Gasteiger partial charge in [0.25, 0.3) is 0 Å². The van der Waals surface area contributed by atoms with Crippen LogP contribution in [0.1, 0.15) is 80.1 Å². The molecule has 166 valence electrons. The normalized spacial score (nSPS) is 13.2. The van der Waals surface area contributed by atoms with Crippen molar-refractivity contribution in [2.45, 2.75) is 97.3 Å². The minimum atomic E-state index is -0.685. The van der Waals surface area contributed by atoms with E-state index in [-0.39, 0.29) is 29.4 Å². The lowest BCUT2D eigenvalue weighted by Crippen LogP contribution is -2.43. The van der Waals surface area contributed by atoms with Crippen LogP contribution >= 0.6 is 0 Å². The monoisotopic (exact) mass is 401 g/mol. The molecule has 0 aromatic heterocycles. The van der Waals surface area contributed by atoms with Crippen molar-refractivity contribution in [2.75, 3.05) is 26.3 Å². The first-order chi connectivity index (χ1) is 13.0. The van der Waals surface area contributed by atoms with Gasteiger partial charge in [-0.15, -0.1) is 0 Å². The fraction of sp³-hybridized carbons (Fsp3) is 0.905. The van der Waals surface area contributed by atoms with E-state index in [1.54, 1.807) is 0 Å². The van der Waals surface area contributed by atoms with E-state index < -0.39 is 6.04 Å². The molecule has 0 aliphatic heterocycles. The molecule has 0 radical (unpaired) electrons. The van der Waals surface area contributed by atoms with Gasteiger partial charge >= 0.3 is 0 Å².